The summed E-state index contributed by atoms with van der Waals surface area (Å²) in [5.74, 6) is 1.63. The minimum atomic E-state index is -3.83. The van der Waals surface area contributed by atoms with E-state index in [1.165, 1.54) is 6.07 Å². The van der Waals surface area contributed by atoms with Crippen LogP contribution in [0.4, 0.5) is 11.6 Å². The molecule has 1 aliphatic heterocycles. The second kappa shape index (κ2) is 10.8. The Kier molecular flexibility index (Phi) is 7.31. The number of amides is 1. The summed E-state index contributed by atoms with van der Waals surface area (Å²) in [6.07, 6.45) is 2.76. The third kappa shape index (κ3) is 5.25. The number of aromatic nitrogens is 5. The molecule has 0 radical (unpaired) electrons. The minimum Gasteiger partial charge on any atom is -0.481 e. The molecule has 3 aromatic heterocycles. The number of rotatable bonds is 8. The fourth-order valence-corrected chi connectivity index (χ4v) is 7.06. The van der Waals surface area contributed by atoms with Crippen LogP contribution in [0.15, 0.2) is 35.3 Å². The Bertz CT molecular complexity index is 1980. The maximum absolute atomic E-state index is 13.7. The highest BCUT2D eigenvalue weighted by Crippen LogP contribution is 2.60. The second-order valence-electron chi connectivity index (χ2n) is 11.6. The third-order valence-electron chi connectivity index (χ3n) is 8.46. The van der Waals surface area contributed by atoms with Crippen molar-refractivity contribution in [2.24, 2.45) is 25.9 Å². The van der Waals surface area contributed by atoms with E-state index in [2.05, 4.69) is 20.3 Å². The van der Waals surface area contributed by atoms with Gasteiger partial charge in [-0.15, -0.1) is 0 Å². The number of anilines is 2. The maximum atomic E-state index is 13.7. The zero-order chi connectivity index (χ0) is 31.7. The number of halogens is 1. The van der Waals surface area contributed by atoms with Crippen LogP contribution in [0.2, 0.25) is 5.15 Å². The summed E-state index contributed by atoms with van der Waals surface area (Å²) in [5, 5.41) is 8.13. The number of aryl methyl sites for hydroxylation is 2. The van der Waals surface area contributed by atoms with Crippen molar-refractivity contribution in [3.63, 3.8) is 0 Å². The van der Waals surface area contributed by atoms with Crippen LogP contribution in [-0.2, 0) is 24.1 Å². The zero-order valence-corrected chi connectivity index (χ0v) is 26.7. The molecule has 232 valence electrons. The van der Waals surface area contributed by atoms with Crippen molar-refractivity contribution < 1.29 is 17.9 Å². The molecule has 0 bridgehead atoms. The smallest absolute Gasteiger partial charge is 0.285 e. The highest BCUT2D eigenvalue weighted by atomic mass is 35.5. The van der Waals surface area contributed by atoms with Gasteiger partial charge >= 0.3 is 0 Å². The number of benzene rings is 1. The van der Waals surface area contributed by atoms with Crippen LogP contribution in [0.25, 0.3) is 10.9 Å². The van der Waals surface area contributed by atoms with E-state index < -0.39 is 22.0 Å². The molecule has 1 saturated heterocycles. The van der Waals surface area contributed by atoms with Crippen LogP contribution in [-0.4, -0.2) is 65.1 Å². The zero-order valence-electron chi connectivity index (χ0n) is 25.1. The topological polar surface area (TPSA) is 153 Å². The summed E-state index contributed by atoms with van der Waals surface area (Å²) in [4.78, 5) is 37.7. The van der Waals surface area contributed by atoms with Crippen molar-refractivity contribution in [3.05, 3.63) is 68.4 Å². The first-order chi connectivity index (χ1) is 20.8. The molecule has 13 nitrogen and oxygen atoms in total. The predicted molar refractivity (Wildman–Crippen MR) is 167 cm³/mol. The summed E-state index contributed by atoms with van der Waals surface area (Å²) in [6, 6.07) is 6.38. The minimum absolute atomic E-state index is 0.0329. The number of nitrogens with one attached hydrogen (secondary N) is 2. The Labute approximate surface area is 259 Å². The van der Waals surface area contributed by atoms with E-state index in [9.17, 15) is 18.0 Å². The van der Waals surface area contributed by atoms with Crippen LogP contribution in [0, 0.1) is 18.8 Å². The number of carbonyl (C=O) groups is 1. The number of hydrogen-bond donors (Lipinski definition) is 2. The fraction of sp³-hybridized carbons (Fsp3) is 0.414. The average molecular weight is 641 g/mol. The summed E-state index contributed by atoms with van der Waals surface area (Å²) in [6.45, 7) is 5.28. The van der Waals surface area contributed by atoms with Crippen molar-refractivity contribution in [2.45, 2.75) is 25.8 Å². The first-order valence-electron chi connectivity index (χ1n) is 14.0. The molecule has 1 aliphatic carbocycles. The highest BCUT2D eigenvalue weighted by Gasteiger charge is 2.58. The van der Waals surface area contributed by atoms with Gasteiger partial charge in [-0.3, -0.25) is 14.2 Å². The standard InChI is InChI=1S/C29H33ClN8O5S/c1-14-9-16(15(2)32-21-7-8-22(30)33-25(21)26(39)35-44(6,41)42)24-17(10-14)27(40)36(3)29(34-24)38-12-19-20(13-38)23(19)18-11-31-37(4)28(18)43-5/h7-11,15,19-20,23,32H,12-13H2,1-6H3,(H,35,39)/t15-,19-,20+,23?/m1/s1. The number of sulfonamides is 1. The number of nitrogens with zero attached hydrogens (tertiary/aromatic N) is 6. The van der Waals surface area contributed by atoms with E-state index >= 15 is 0 Å². The summed E-state index contributed by atoms with van der Waals surface area (Å²) < 4.78 is 34.3. The lowest BCUT2D eigenvalue weighted by Crippen LogP contribution is -2.32. The molecule has 1 amide bonds. The maximum Gasteiger partial charge on any atom is 0.285 e. The molecule has 4 atom stereocenters. The van der Waals surface area contributed by atoms with E-state index in [0.717, 1.165) is 41.9 Å². The molecule has 15 heteroatoms. The Morgan fingerprint density at radius 1 is 1.16 bits per heavy atom. The molecule has 1 unspecified atom stereocenters. The van der Waals surface area contributed by atoms with Crippen LogP contribution in [0.1, 0.15) is 46.1 Å². The second-order valence-corrected chi connectivity index (χ2v) is 13.8. The predicted octanol–water partition coefficient (Wildman–Crippen LogP) is 2.74. The fourth-order valence-electron chi connectivity index (χ4n) is 6.48. The van der Waals surface area contributed by atoms with Crippen LogP contribution in [0.5, 0.6) is 5.88 Å². The number of pyridine rings is 1. The van der Waals surface area contributed by atoms with Gasteiger partial charge in [0, 0.05) is 44.2 Å². The van der Waals surface area contributed by atoms with E-state index in [1.54, 1.807) is 29.5 Å². The molecular formula is C29H33ClN8O5S. The molecule has 2 N–H and O–H groups in total. The lowest BCUT2D eigenvalue weighted by molar-refractivity contribution is 0.0977. The van der Waals surface area contributed by atoms with Gasteiger partial charge in [-0.25, -0.2) is 27.8 Å². The lowest BCUT2D eigenvalue weighted by atomic mass is 10.0. The van der Waals surface area contributed by atoms with Crippen molar-refractivity contribution >= 4 is 50.1 Å². The van der Waals surface area contributed by atoms with E-state index in [0.29, 0.717) is 34.6 Å². The van der Waals surface area contributed by atoms with Gasteiger partial charge in [0.05, 0.1) is 42.2 Å². The van der Waals surface area contributed by atoms with Gasteiger partial charge in [-0.05, 0) is 49.4 Å². The van der Waals surface area contributed by atoms with Crippen molar-refractivity contribution in [1.82, 2.24) is 29.0 Å². The summed E-state index contributed by atoms with van der Waals surface area (Å²) >= 11 is 6.04. The summed E-state index contributed by atoms with van der Waals surface area (Å²) in [7, 11) is 1.43. The van der Waals surface area contributed by atoms with Gasteiger partial charge in [0.2, 0.25) is 21.9 Å². The lowest BCUT2D eigenvalue weighted by Gasteiger charge is -2.25. The van der Waals surface area contributed by atoms with Gasteiger partial charge in [0.1, 0.15) is 5.15 Å². The molecule has 1 saturated carbocycles. The van der Waals surface area contributed by atoms with Gasteiger partial charge in [-0.2, -0.15) is 5.10 Å². The van der Waals surface area contributed by atoms with Crippen molar-refractivity contribution in [3.8, 4) is 5.88 Å². The molecular weight excluding hydrogens is 608 g/mol. The molecule has 44 heavy (non-hydrogen) atoms. The Morgan fingerprint density at radius 3 is 2.52 bits per heavy atom. The SMILES string of the molecule is COc1c(C2[C@H]3CN(c4nc5c([C@@H](C)Nc6ccc(Cl)nc6C(=O)NS(C)(=O)=O)cc(C)cc5c(=O)n4C)C[C@@H]23)cnn1C. The normalized spacial score (nSPS) is 20.0. The largest absolute Gasteiger partial charge is 0.481 e. The molecule has 2 fully saturated rings. The van der Waals surface area contributed by atoms with Crippen LogP contribution in [0.3, 0.4) is 0 Å². The van der Waals surface area contributed by atoms with Crippen molar-refractivity contribution in [2.75, 3.05) is 36.7 Å². The first kappa shape index (κ1) is 29.9. The molecule has 4 aromatic rings. The quantitative estimate of drug-likeness (QED) is 0.275. The number of carbonyl (C=O) groups excluding carboxylic acids is 1. The van der Waals surface area contributed by atoms with E-state index in [4.69, 9.17) is 21.3 Å². The molecule has 4 heterocycles. The Balaban J connectivity index is 1.32. The third-order valence-corrected chi connectivity index (χ3v) is 9.23. The average Bonchev–Trinajstić information content (AvgIpc) is 3.24. The number of ether oxygens (including phenoxy) is 1. The number of hydrogen-bond acceptors (Lipinski definition) is 10. The number of methoxy groups -OCH3 is 1. The van der Waals surface area contributed by atoms with E-state index in [-0.39, 0.29) is 22.1 Å². The monoisotopic (exact) mass is 640 g/mol. The molecule has 6 rings (SSSR count). The number of piperidine rings is 1. The molecule has 2 aliphatic rings. The van der Waals surface area contributed by atoms with E-state index in [1.807, 2.05) is 43.9 Å². The van der Waals surface area contributed by atoms with Gasteiger partial charge < -0.3 is 15.0 Å². The van der Waals surface area contributed by atoms with Crippen molar-refractivity contribution in [1.29, 1.82) is 0 Å². The van der Waals surface area contributed by atoms with Crippen LogP contribution < -0.4 is 25.2 Å². The van der Waals surface area contributed by atoms with Gasteiger partial charge in [0.15, 0.2) is 5.69 Å². The Hall–Kier alpha value is -4.17. The number of fused-ring (bicyclic) bond motifs is 2. The van der Waals surface area contributed by atoms with Crippen LogP contribution >= 0.6 is 11.6 Å². The molecule has 1 aromatic carbocycles. The Morgan fingerprint density at radius 2 is 1.86 bits per heavy atom. The first-order valence-corrected chi connectivity index (χ1v) is 16.3. The van der Waals surface area contributed by atoms with Gasteiger partial charge in [-0.1, -0.05) is 17.7 Å². The van der Waals surface area contributed by atoms with Gasteiger partial charge in [0.25, 0.3) is 11.5 Å². The molecule has 0 spiro atoms. The summed E-state index contributed by atoms with van der Waals surface area (Å²) in [5.41, 5.74) is 3.21. The highest BCUT2D eigenvalue weighted by molar-refractivity contribution is 7.89.